The van der Waals surface area contributed by atoms with Gasteiger partial charge in [0, 0.05) is 11.1 Å². The first kappa shape index (κ1) is 18.9. The number of aliphatic hydroxyl groups excluding tert-OH is 1. The normalized spacial score (nSPS) is 12.5. The lowest BCUT2D eigenvalue weighted by atomic mass is 9.87. The highest BCUT2D eigenvalue weighted by Crippen LogP contribution is 2.27. The van der Waals surface area contributed by atoms with Crippen LogP contribution in [-0.4, -0.2) is 29.9 Å². The molecule has 0 unspecified atom stereocenters. The largest absolute Gasteiger partial charge is 0.394 e. The molecule has 2 rings (SSSR count). The quantitative estimate of drug-likeness (QED) is 0.818. The molecule has 4 heteroatoms. The molecule has 0 aromatic heterocycles. The molecule has 0 bridgehead atoms. The van der Waals surface area contributed by atoms with Crippen LogP contribution in [0.15, 0.2) is 42.5 Å². The smallest absolute Gasteiger partial charge is 0.251 e. The van der Waals surface area contributed by atoms with Crippen LogP contribution in [0.2, 0.25) is 0 Å². The minimum absolute atomic E-state index is 0.112. The fraction of sp³-hybridized carbons (Fsp3) is 0.333. The Bertz CT molecular complexity index is 775. The Balaban J connectivity index is 2.30. The lowest BCUT2D eigenvalue weighted by molar-refractivity contribution is 0.0848. The number of hydrogen-bond acceptors (Lipinski definition) is 3. The maximum Gasteiger partial charge on any atom is 0.251 e. The van der Waals surface area contributed by atoms with E-state index in [1.807, 2.05) is 58.0 Å². The zero-order chi connectivity index (χ0) is 18.6. The number of rotatable bonds is 5. The first-order valence-corrected chi connectivity index (χ1v) is 8.35. The van der Waals surface area contributed by atoms with Gasteiger partial charge in [0.1, 0.15) is 0 Å². The molecule has 1 atom stereocenters. The summed E-state index contributed by atoms with van der Waals surface area (Å²) in [5.41, 5.74) is 3.61. The maximum atomic E-state index is 12.5. The van der Waals surface area contributed by atoms with E-state index in [-0.39, 0.29) is 24.0 Å². The van der Waals surface area contributed by atoms with Gasteiger partial charge in [-0.05, 0) is 41.2 Å². The van der Waals surface area contributed by atoms with Crippen LogP contribution >= 0.6 is 0 Å². The van der Waals surface area contributed by atoms with E-state index in [4.69, 9.17) is 0 Å². The average Bonchev–Trinajstić information content (AvgIpc) is 2.58. The predicted molar refractivity (Wildman–Crippen MR) is 99.8 cm³/mol. The molecule has 0 saturated carbocycles. The topological polar surface area (TPSA) is 66.4 Å². The van der Waals surface area contributed by atoms with Gasteiger partial charge in [0.2, 0.25) is 0 Å². The van der Waals surface area contributed by atoms with Crippen LogP contribution in [-0.2, 0) is 0 Å². The molecular weight excluding hydrogens is 314 g/mol. The van der Waals surface area contributed by atoms with E-state index in [1.165, 1.54) is 0 Å². The molecule has 132 valence electrons. The lowest BCUT2D eigenvalue weighted by Gasteiger charge is -2.29. The Labute approximate surface area is 148 Å². The molecule has 0 spiro atoms. The Kier molecular flexibility index (Phi) is 5.75. The fourth-order valence-electron chi connectivity index (χ4n) is 2.73. The van der Waals surface area contributed by atoms with Crippen LogP contribution in [0.25, 0.3) is 11.1 Å². The van der Waals surface area contributed by atoms with Crippen LogP contribution in [0.4, 0.5) is 0 Å². The Morgan fingerprint density at radius 2 is 1.84 bits per heavy atom. The van der Waals surface area contributed by atoms with Crippen LogP contribution in [0.1, 0.15) is 47.1 Å². The Morgan fingerprint density at radius 1 is 1.16 bits per heavy atom. The Morgan fingerprint density at radius 3 is 2.40 bits per heavy atom. The average molecular weight is 339 g/mol. The molecule has 0 radical (unpaired) electrons. The summed E-state index contributed by atoms with van der Waals surface area (Å²) in [7, 11) is 0. The number of amides is 1. The second-order valence-corrected chi connectivity index (χ2v) is 7.31. The van der Waals surface area contributed by atoms with Gasteiger partial charge in [-0.15, -0.1) is 0 Å². The van der Waals surface area contributed by atoms with Gasteiger partial charge >= 0.3 is 0 Å². The van der Waals surface area contributed by atoms with Crippen LogP contribution < -0.4 is 5.32 Å². The zero-order valence-electron chi connectivity index (χ0n) is 15.2. The number of benzene rings is 2. The summed E-state index contributed by atoms with van der Waals surface area (Å²) in [6.07, 6.45) is 0.838. The van der Waals surface area contributed by atoms with Crippen molar-refractivity contribution in [3.63, 3.8) is 0 Å². The summed E-state index contributed by atoms with van der Waals surface area (Å²) in [4.78, 5) is 23.8. The zero-order valence-corrected chi connectivity index (χ0v) is 15.2. The SMILES string of the molecule is Cc1cc(C(=O)N[C@H](CO)C(C)(C)C)ccc1-c1ccccc1C=O. The summed E-state index contributed by atoms with van der Waals surface area (Å²) in [5.74, 6) is -0.215. The molecule has 2 N–H and O–H groups in total. The standard InChI is InChI=1S/C21H25NO3/c1-14-11-15(20(25)22-19(13-24)21(2,3)4)9-10-17(14)18-8-6-5-7-16(18)12-23/h5-12,19,24H,13H2,1-4H3,(H,22,25)/t19-/m1/s1. The number of nitrogens with one attached hydrogen (secondary N) is 1. The van der Waals surface area contributed by atoms with Crippen molar-refractivity contribution in [3.8, 4) is 11.1 Å². The second-order valence-electron chi connectivity index (χ2n) is 7.31. The molecule has 0 saturated heterocycles. The first-order valence-electron chi connectivity index (χ1n) is 8.35. The molecule has 1 amide bonds. The van der Waals surface area contributed by atoms with Crippen LogP contribution in [0.3, 0.4) is 0 Å². The van der Waals surface area contributed by atoms with Gasteiger partial charge in [0.15, 0.2) is 6.29 Å². The van der Waals surface area contributed by atoms with Crippen molar-refractivity contribution < 1.29 is 14.7 Å². The van der Waals surface area contributed by atoms with Gasteiger partial charge in [0.25, 0.3) is 5.91 Å². The van der Waals surface area contributed by atoms with Crippen molar-refractivity contribution in [2.45, 2.75) is 33.7 Å². The number of carbonyl (C=O) groups excluding carboxylic acids is 2. The second kappa shape index (κ2) is 7.62. The summed E-state index contributed by atoms with van der Waals surface area (Å²) in [5, 5.41) is 12.4. The third kappa shape index (κ3) is 4.34. The Hall–Kier alpha value is -2.46. The summed E-state index contributed by atoms with van der Waals surface area (Å²) < 4.78 is 0. The number of aldehydes is 1. The highest BCUT2D eigenvalue weighted by atomic mass is 16.3. The third-order valence-electron chi connectivity index (χ3n) is 4.40. The highest BCUT2D eigenvalue weighted by Gasteiger charge is 2.26. The first-order chi connectivity index (χ1) is 11.8. The minimum atomic E-state index is -0.323. The molecule has 0 aliphatic heterocycles. The number of aliphatic hydroxyl groups is 1. The van der Waals surface area contributed by atoms with Crippen LogP contribution in [0, 0.1) is 12.3 Å². The van der Waals surface area contributed by atoms with E-state index < -0.39 is 0 Å². The van der Waals surface area contributed by atoms with Gasteiger partial charge in [-0.3, -0.25) is 9.59 Å². The summed E-state index contributed by atoms with van der Waals surface area (Å²) in [6, 6.07) is 12.5. The highest BCUT2D eigenvalue weighted by molar-refractivity contribution is 5.96. The summed E-state index contributed by atoms with van der Waals surface area (Å²) >= 11 is 0. The lowest BCUT2D eigenvalue weighted by Crippen LogP contribution is -2.46. The molecule has 0 aliphatic rings. The van der Waals surface area contributed by atoms with E-state index in [0.29, 0.717) is 11.1 Å². The van der Waals surface area contributed by atoms with E-state index >= 15 is 0 Å². The van der Waals surface area contributed by atoms with E-state index in [1.54, 1.807) is 12.1 Å². The number of hydrogen-bond donors (Lipinski definition) is 2. The molecule has 0 aliphatic carbocycles. The monoisotopic (exact) mass is 339 g/mol. The van der Waals surface area contributed by atoms with Crippen LogP contribution in [0.5, 0.6) is 0 Å². The maximum absolute atomic E-state index is 12.5. The van der Waals surface area contributed by atoms with E-state index in [2.05, 4.69) is 5.32 Å². The van der Waals surface area contributed by atoms with Gasteiger partial charge in [-0.2, -0.15) is 0 Å². The molecular formula is C21H25NO3. The molecule has 4 nitrogen and oxygen atoms in total. The minimum Gasteiger partial charge on any atom is -0.394 e. The van der Waals surface area contributed by atoms with Crippen molar-refractivity contribution >= 4 is 12.2 Å². The number of aryl methyl sites for hydroxylation is 1. The van der Waals surface area contributed by atoms with Crippen molar-refractivity contribution in [2.75, 3.05) is 6.61 Å². The van der Waals surface area contributed by atoms with Gasteiger partial charge in [0.05, 0.1) is 12.6 Å². The van der Waals surface area contributed by atoms with Gasteiger partial charge in [-0.25, -0.2) is 0 Å². The summed E-state index contributed by atoms with van der Waals surface area (Å²) in [6.45, 7) is 7.72. The van der Waals surface area contributed by atoms with Crippen molar-refractivity contribution in [2.24, 2.45) is 5.41 Å². The fourth-order valence-corrected chi connectivity index (χ4v) is 2.73. The van der Waals surface area contributed by atoms with E-state index in [0.717, 1.165) is 23.0 Å². The molecule has 0 fully saturated rings. The predicted octanol–water partition coefficient (Wildman–Crippen LogP) is 3.61. The van der Waals surface area contributed by atoms with Crippen molar-refractivity contribution in [1.82, 2.24) is 5.32 Å². The van der Waals surface area contributed by atoms with Crippen molar-refractivity contribution in [1.29, 1.82) is 0 Å². The van der Waals surface area contributed by atoms with Gasteiger partial charge < -0.3 is 10.4 Å². The molecule has 2 aromatic rings. The van der Waals surface area contributed by atoms with E-state index in [9.17, 15) is 14.7 Å². The number of carbonyl (C=O) groups is 2. The molecule has 2 aromatic carbocycles. The van der Waals surface area contributed by atoms with Gasteiger partial charge in [-0.1, -0.05) is 51.1 Å². The molecule has 0 heterocycles. The third-order valence-corrected chi connectivity index (χ3v) is 4.40. The molecule has 25 heavy (non-hydrogen) atoms. The van der Waals surface area contributed by atoms with Crippen molar-refractivity contribution in [3.05, 3.63) is 59.2 Å².